The molecule has 11 nitrogen and oxygen atoms in total. The highest BCUT2D eigenvalue weighted by Gasteiger charge is 2.26. The number of hydrogen-bond donors (Lipinski definition) is 2. The number of nitriles is 1. The van der Waals surface area contributed by atoms with Crippen LogP contribution in [-0.2, 0) is 0 Å². The van der Waals surface area contributed by atoms with Gasteiger partial charge in [0.25, 0.3) is 0 Å². The number of hydrogen-bond acceptors (Lipinski definition) is 9. The van der Waals surface area contributed by atoms with Gasteiger partial charge in [0.15, 0.2) is 0 Å². The van der Waals surface area contributed by atoms with E-state index in [2.05, 4.69) is 9.97 Å². The van der Waals surface area contributed by atoms with E-state index in [4.69, 9.17) is 16.7 Å². The summed E-state index contributed by atoms with van der Waals surface area (Å²) >= 11 is 0. The van der Waals surface area contributed by atoms with Crippen molar-refractivity contribution in [1.29, 1.82) is 5.26 Å². The number of nitrogens with zero attached hydrogens (tertiary/aromatic N) is 5. The molecule has 1 heterocycles. The molecular formula is C11H7N7O4. The molecule has 22 heavy (non-hydrogen) atoms. The summed E-state index contributed by atoms with van der Waals surface area (Å²) in [5.74, 6) is -0.418. The standard InChI is InChI=1S/C11H7N7O4/c12-4-6-9(15-11(14)16-10(6)13)5-1-2-7(17(19)20)8(3-5)18(21)22/h1-3H,(H4,13,14,15,16). The van der Waals surface area contributed by atoms with Gasteiger partial charge in [-0.25, -0.2) is 4.98 Å². The van der Waals surface area contributed by atoms with Gasteiger partial charge < -0.3 is 11.5 Å². The molecule has 0 aliphatic carbocycles. The minimum Gasteiger partial charge on any atom is -0.382 e. The molecule has 0 saturated carbocycles. The number of anilines is 2. The van der Waals surface area contributed by atoms with Gasteiger partial charge in [-0.2, -0.15) is 10.2 Å². The van der Waals surface area contributed by atoms with E-state index in [1.165, 1.54) is 6.07 Å². The molecule has 4 N–H and O–H groups in total. The van der Waals surface area contributed by atoms with Crippen molar-refractivity contribution in [2.45, 2.75) is 0 Å². The molecular weight excluding hydrogens is 294 g/mol. The Bertz CT molecular complexity index is 843. The number of nitrogens with two attached hydrogens (primary N) is 2. The lowest BCUT2D eigenvalue weighted by atomic mass is 10.1. The largest absolute Gasteiger partial charge is 0.382 e. The summed E-state index contributed by atoms with van der Waals surface area (Å²) in [5, 5.41) is 30.8. The van der Waals surface area contributed by atoms with Gasteiger partial charge in [-0.3, -0.25) is 20.2 Å². The van der Waals surface area contributed by atoms with E-state index in [0.29, 0.717) is 0 Å². The van der Waals surface area contributed by atoms with Crippen LogP contribution in [-0.4, -0.2) is 19.8 Å². The zero-order valence-corrected chi connectivity index (χ0v) is 10.8. The molecule has 0 saturated heterocycles. The molecule has 0 fully saturated rings. The lowest BCUT2D eigenvalue weighted by molar-refractivity contribution is -0.422. The topological polar surface area (TPSA) is 188 Å². The third kappa shape index (κ3) is 2.43. The van der Waals surface area contributed by atoms with Crippen LogP contribution in [0.5, 0.6) is 0 Å². The van der Waals surface area contributed by atoms with Gasteiger partial charge in [0.2, 0.25) is 5.95 Å². The van der Waals surface area contributed by atoms with E-state index in [-0.39, 0.29) is 28.6 Å². The lowest BCUT2D eigenvalue weighted by Gasteiger charge is -2.06. The molecule has 0 spiro atoms. The SMILES string of the molecule is N#Cc1c(N)nc(N)nc1-c1ccc([N+](=O)[O-])c([N+](=O)[O-])c1. The molecule has 0 atom stereocenters. The molecule has 0 aliphatic heterocycles. The van der Waals surface area contributed by atoms with Gasteiger partial charge in [0.1, 0.15) is 17.5 Å². The molecule has 0 aliphatic rings. The Balaban J connectivity index is 2.75. The third-order valence-corrected chi connectivity index (χ3v) is 2.71. The number of nitro groups is 2. The summed E-state index contributed by atoms with van der Waals surface area (Å²) in [6.07, 6.45) is 0. The first kappa shape index (κ1) is 14.6. The number of nitrogen functional groups attached to an aromatic ring is 2. The maximum atomic E-state index is 11.0. The first-order chi connectivity index (χ1) is 10.3. The zero-order valence-electron chi connectivity index (χ0n) is 10.8. The highest BCUT2D eigenvalue weighted by Crippen LogP contribution is 2.33. The van der Waals surface area contributed by atoms with Crippen molar-refractivity contribution in [2.75, 3.05) is 11.5 Å². The summed E-state index contributed by atoms with van der Waals surface area (Å²) in [6, 6.07) is 4.86. The molecule has 1 aromatic carbocycles. The minimum absolute atomic E-state index is 0.0366. The first-order valence-electron chi connectivity index (χ1n) is 5.61. The second-order valence-electron chi connectivity index (χ2n) is 4.02. The highest BCUT2D eigenvalue weighted by molar-refractivity contribution is 5.76. The zero-order chi connectivity index (χ0) is 16.4. The Kier molecular flexibility index (Phi) is 3.51. The summed E-state index contributed by atoms with van der Waals surface area (Å²) < 4.78 is 0. The van der Waals surface area contributed by atoms with Crippen molar-refractivity contribution in [2.24, 2.45) is 0 Å². The van der Waals surface area contributed by atoms with Gasteiger partial charge in [0, 0.05) is 17.7 Å². The molecule has 2 rings (SSSR count). The number of rotatable bonds is 3. The van der Waals surface area contributed by atoms with E-state index in [0.717, 1.165) is 12.1 Å². The lowest BCUT2D eigenvalue weighted by Crippen LogP contribution is -2.05. The molecule has 11 heteroatoms. The monoisotopic (exact) mass is 301 g/mol. The van der Waals surface area contributed by atoms with Crippen LogP contribution in [0.25, 0.3) is 11.3 Å². The average molecular weight is 301 g/mol. The van der Waals surface area contributed by atoms with E-state index in [1.54, 1.807) is 6.07 Å². The number of nitro benzene ring substituents is 2. The maximum Gasteiger partial charge on any atom is 0.346 e. The van der Waals surface area contributed by atoms with Crippen molar-refractivity contribution < 1.29 is 9.85 Å². The molecule has 0 bridgehead atoms. The Labute approximate surface area is 122 Å². The summed E-state index contributed by atoms with van der Waals surface area (Å²) in [4.78, 5) is 27.4. The van der Waals surface area contributed by atoms with Gasteiger partial charge in [-0.1, -0.05) is 0 Å². The Morgan fingerprint density at radius 3 is 2.27 bits per heavy atom. The van der Waals surface area contributed by atoms with Crippen molar-refractivity contribution in [3.05, 3.63) is 44.0 Å². The summed E-state index contributed by atoms with van der Waals surface area (Å²) in [5.41, 5.74) is 9.51. The normalized spacial score (nSPS) is 9.95. The van der Waals surface area contributed by atoms with Gasteiger partial charge >= 0.3 is 11.4 Å². The van der Waals surface area contributed by atoms with Crippen molar-refractivity contribution in [1.82, 2.24) is 9.97 Å². The van der Waals surface area contributed by atoms with E-state index >= 15 is 0 Å². The van der Waals surface area contributed by atoms with E-state index < -0.39 is 21.2 Å². The second-order valence-corrected chi connectivity index (χ2v) is 4.02. The molecule has 1 aromatic heterocycles. The maximum absolute atomic E-state index is 11.0. The highest BCUT2D eigenvalue weighted by atomic mass is 16.6. The average Bonchev–Trinajstić information content (AvgIpc) is 2.45. The van der Waals surface area contributed by atoms with Gasteiger partial charge in [-0.15, -0.1) is 0 Å². The Morgan fingerprint density at radius 1 is 1.09 bits per heavy atom. The number of benzene rings is 1. The fourth-order valence-electron chi connectivity index (χ4n) is 1.79. The Hall–Kier alpha value is -3.81. The van der Waals surface area contributed by atoms with Crippen LogP contribution in [0.3, 0.4) is 0 Å². The predicted molar refractivity (Wildman–Crippen MR) is 74.3 cm³/mol. The van der Waals surface area contributed by atoms with Gasteiger partial charge in [-0.05, 0) is 6.07 Å². The fraction of sp³-hybridized carbons (Fsp3) is 0. The van der Waals surface area contributed by atoms with E-state index in [9.17, 15) is 20.2 Å². The molecule has 0 unspecified atom stereocenters. The molecule has 0 amide bonds. The van der Waals surface area contributed by atoms with Crippen LogP contribution >= 0.6 is 0 Å². The molecule has 2 aromatic rings. The first-order valence-corrected chi connectivity index (χ1v) is 5.61. The van der Waals surface area contributed by atoms with E-state index in [1.807, 2.05) is 0 Å². The van der Waals surface area contributed by atoms with Crippen LogP contribution in [0.2, 0.25) is 0 Å². The van der Waals surface area contributed by atoms with Gasteiger partial charge in [0.05, 0.1) is 15.5 Å². The van der Waals surface area contributed by atoms with Crippen molar-refractivity contribution in [3.8, 4) is 17.3 Å². The van der Waals surface area contributed by atoms with Crippen LogP contribution in [0.15, 0.2) is 18.2 Å². The Morgan fingerprint density at radius 2 is 1.73 bits per heavy atom. The summed E-state index contributed by atoms with van der Waals surface area (Å²) in [7, 11) is 0. The molecule has 0 radical (unpaired) electrons. The van der Waals surface area contributed by atoms with Crippen molar-refractivity contribution in [3.63, 3.8) is 0 Å². The minimum atomic E-state index is -0.901. The number of aromatic nitrogens is 2. The quantitative estimate of drug-likeness (QED) is 0.615. The molecule has 110 valence electrons. The van der Waals surface area contributed by atoms with Crippen LogP contribution < -0.4 is 11.5 Å². The fourth-order valence-corrected chi connectivity index (χ4v) is 1.79. The van der Waals surface area contributed by atoms with Crippen LogP contribution in [0, 0.1) is 31.6 Å². The van der Waals surface area contributed by atoms with Crippen LogP contribution in [0.4, 0.5) is 23.1 Å². The van der Waals surface area contributed by atoms with Crippen molar-refractivity contribution >= 4 is 23.1 Å². The third-order valence-electron chi connectivity index (χ3n) is 2.71. The summed E-state index contributed by atoms with van der Waals surface area (Å²) in [6.45, 7) is 0. The second kappa shape index (κ2) is 5.29. The predicted octanol–water partition coefficient (Wildman–Crippen LogP) is 0.996. The van der Waals surface area contributed by atoms with Crippen LogP contribution in [0.1, 0.15) is 5.56 Å². The smallest absolute Gasteiger partial charge is 0.346 e.